The molecule has 102 valence electrons. The summed E-state index contributed by atoms with van der Waals surface area (Å²) in [6, 6.07) is 3.49. The monoisotopic (exact) mass is 282 g/mol. The molecule has 1 atom stereocenters. The van der Waals surface area contributed by atoms with Gasteiger partial charge in [-0.15, -0.1) is 12.6 Å². The number of carbonyl (C=O) groups excluding carboxylic acids is 2. The quantitative estimate of drug-likeness (QED) is 0.733. The Morgan fingerprint density at radius 3 is 2.74 bits per heavy atom. The molecule has 1 aliphatic rings. The standard InChI is InChI=1S/C13H15FN2O2S/c1-7(12(17)16-8-2-3-8)15-13(18)10-6-9(19)4-5-11(10)14/h4-8,19H,2-3H2,1H3,(H,15,18)(H,16,17). The molecule has 1 aromatic carbocycles. The minimum absolute atomic E-state index is 0.112. The summed E-state index contributed by atoms with van der Waals surface area (Å²) in [6.07, 6.45) is 1.95. The van der Waals surface area contributed by atoms with Crippen LogP contribution in [0.2, 0.25) is 0 Å². The van der Waals surface area contributed by atoms with E-state index < -0.39 is 17.8 Å². The molecular weight excluding hydrogens is 267 g/mol. The van der Waals surface area contributed by atoms with E-state index in [1.807, 2.05) is 0 Å². The fourth-order valence-corrected chi connectivity index (χ4v) is 1.78. The second kappa shape index (κ2) is 5.61. The Kier molecular flexibility index (Phi) is 4.09. The lowest BCUT2D eigenvalue weighted by atomic mass is 10.2. The van der Waals surface area contributed by atoms with Crippen LogP contribution >= 0.6 is 12.6 Å². The van der Waals surface area contributed by atoms with Crippen molar-refractivity contribution in [3.63, 3.8) is 0 Å². The van der Waals surface area contributed by atoms with Gasteiger partial charge in [-0.2, -0.15) is 0 Å². The van der Waals surface area contributed by atoms with Crippen molar-refractivity contribution in [1.29, 1.82) is 0 Å². The summed E-state index contributed by atoms with van der Waals surface area (Å²) >= 11 is 4.05. The lowest BCUT2D eigenvalue weighted by Crippen LogP contribution is -2.45. The zero-order valence-corrected chi connectivity index (χ0v) is 11.3. The molecule has 19 heavy (non-hydrogen) atoms. The van der Waals surface area contributed by atoms with Crippen LogP contribution in [-0.2, 0) is 4.79 Å². The molecular formula is C13H15FN2O2S. The Morgan fingerprint density at radius 1 is 1.42 bits per heavy atom. The molecule has 0 saturated heterocycles. The highest BCUT2D eigenvalue weighted by molar-refractivity contribution is 7.80. The Labute approximate surface area is 116 Å². The number of benzene rings is 1. The third-order valence-corrected chi connectivity index (χ3v) is 3.14. The van der Waals surface area contributed by atoms with E-state index in [4.69, 9.17) is 0 Å². The predicted molar refractivity (Wildman–Crippen MR) is 71.7 cm³/mol. The van der Waals surface area contributed by atoms with Crippen molar-refractivity contribution in [2.24, 2.45) is 0 Å². The van der Waals surface area contributed by atoms with Gasteiger partial charge < -0.3 is 10.6 Å². The molecule has 0 spiro atoms. The maximum atomic E-state index is 13.5. The van der Waals surface area contributed by atoms with Crippen LogP contribution in [0.3, 0.4) is 0 Å². The number of thiol groups is 1. The summed E-state index contributed by atoms with van der Waals surface area (Å²) < 4.78 is 13.5. The Bertz CT molecular complexity index is 517. The van der Waals surface area contributed by atoms with Crippen molar-refractivity contribution in [3.8, 4) is 0 Å². The molecule has 1 fully saturated rings. The highest BCUT2D eigenvalue weighted by Crippen LogP contribution is 2.18. The fraction of sp³-hybridized carbons (Fsp3) is 0.385. The number of hydrogen-bond acceptors (Lipinski definition) is 3. The van der Waals surface area contributed by atoms with Gasteiger partial charge in [-0.05, 0) is 38.0 Å². The number of carbonyl (C=O) groups is 2. The van der Waals surface area contributed by atoms with Crippen LogP contribution in [0.1, 0.15) is 30.1 Å². The normalized spacial score (nSPS) is 15.7. The van der Waals surface area contributed by atoms with E-state index in [1.165, 1.54) is 18.2 Å². The smallest absolute Gasteiger partial charge is 0.254 e. The summed E-state index contributed by atoms with van der Waals surface area (Å²) in [7, 11) is 0. The SMILES string of the molecule is CC(NC(=O)c1cc(S)ccc1F)C(=O)NC1CC1. The first-order valence-electron chi connectivity index (χ1n) is 6.07. The topological polar surface area (TPSA) is 58.2 Å². The average molecular weight is 282 g/mol. The molecule has 0 aliphatic heterocycles. The number of rotatable bonds is 4. The number of amides is 2. The third kappa shape index (κ3) is 3.70. The molecule has 0 bridgehead atoms. The molecule has 6 heteroatoms. The second-order valence-corrected chi connectivity index (χ2v) is 5.16. The summed E-state index contributed by atoms with van der Waals surface area (Å²) in [5.74, 6) is -1.50. The predicted octanol–water partition coefficient (Wildman–Crippen LogP) is 1.51. The van der Waals surface area contributed by atoms with Crippen molar-refractivity contribution in [2.45, 2.75) is 36.7 Å². The van der Waals surface area contributed by atoms with Gasteiger partial charge in [0.2, 0.25) is 5.91 Å². The molecule has 0 radical (unpaired) electrons. The average Bonchev–Trinajstić information content (AvgIpc) is 3.15. The van der Waals surface area contributed by atoms with Crippen molar-refractivity contribution < 1.29 is 14.0 Å². The first kappa shape index (κ1) is 13.9. The lowest BCUT2D eigenvalue weighted by Gasteiger charge is -2.14. The van der Waals surface area contributed by atoms with Gasteiger partial charge in [0.05, 0.1) is 5.56 Å². The summed E-state index contributed by atoms with van der Waals surface area (Å²) in [5, 5.41) is 5.25. The zero-order chi connectivity index (χ0) is 14.0. The molecule has 1 unspecified atom stereocenters. The fourth-order valence-electron chi connectivity index (χ4n) is 1.58. The molecule has 1 saturated carbocycles. The molecule has 1 aromatic rings. The third-order valence-electron chi connectivity index (χ3n) is 2.86. The zero-order valence-electron chi connectivity index (χ0n) is 10.4. The van der Waals surface area contributed by atoms with Crippen LogP contribution in [0, 0.1) is 5.82 Å². The largest absolute Gasteiger partial charge is 0.352 e. The van der Waals surface area contributed by atoms with E-state index in [2.05, 4.69) is 23.3 Å². The molecule has 2 N–H and O–H groups in total. The minimum Gasteiger partial charge on any atom is -0.352 e. The van der Waals surface area contributed by atoms with E-state index in [1.54, 1.807) is 6.92 Å². The van der Waals surface area contributed by atoms with E-state index in [-0.39, 0.29) is 17.5 Å². The highest BCUT2D eigenvalue weighted by Gasteiger charge is 2.26. The summed E-state index contributed by atoms with van der Waals surface area (Å²) in [4.78, 5) is 24.0. The van der Waals surface area contributed by atoms with Crippen LogP contribution in [0.15, 0.2) is 23.1 Å². The maximum Gasteiger partial charge on any atom is 0.254 e. The van der Waals surface area contributed by atoms with Gasteiger partial charge in [-0.1, -0.05) is 0 Å². The molecule has 2 amide bonds. The second-order valence-electron chi connectivity index (χ2n) is 4.64. The van der Waals surface area contributed by atoms with Gasteiger partial charge in [0, 0.05) is 10.9 Å². The van der Waals surface area contributed by atoms with Crippen LogP contribution < -0.4 is 10.6 Å². The van der Waals surface area contributed by atoms with Crippen molar-refractivity contribution in [2.75, 3.05) is 0 Å². The molecule has 0 heterocycles. The van der Waals surface area contributed by atoms with Gasteiger partial charge in [-0.25, -0.2) is 4.39 Å². The lowest BCUT2D eigenvalue weighted by molar-refractivity contribution is -0.122. The molecule has 2 rings (SSSR count). The summed E-state index contributed by atoms with van der Waals surface area (Å²) in [6.45, 7) is 1.57. The molecule has 1 aliphatic carbocycles. The Hall–Kier alpha value is -1.56. The van der Waals surface area contributed by atoms with Crippen LogP contribution in [0.5, 0.6) is 0 Å². The number of hydrogen-bond donors (Lipinski definition) is 3. The van der Waals surface area contributed by atoms with Gasteiger partial charge >= 0.3 is 0 Å². The van der Waals surface area contributed by atoms with Gasteiger partial charge in [-0.3, -0.25) is 9.59 Å². The number of halogens is 1. The first-order valence-corrected chi connectivity index (χ1v) is 6.52. The highest BCUT2D eigenvalue weighted by atomic mass is 32.1. The summed E-state index contributed by atoms with van der Waals surface area (Å²) in [5.41, 5.74) is -0.112. The molecule has 0 aromatic heterocycles. The van der Waals surface area contributed by atoms with Gasteiger partial charge in [0.1, 0.15) is 11.9 Å². The van der Waals surface area contributed by atoms with E-state index in [9.17, 15) is 14.0 Å². The Morgan fingerprint density at radius 2 is 2.11 bits per heavy atom. The minimum atomic E-state index is -0.698. The van der Waals surface area contributed by atoms with Crippen molar-refractivity contribution in [1.82, 2.24) is 10.6 Å². The van der Waals surface area contributed by atoms with E-state index in [0.717, 1.165) is 12.8 Å². The van der Waals surface area contributed by atoms with Crippen LogP contribution in [0.25, 0.3) is 0 Å². The van der Waals surface area contributed by atoms with Crippen molar-refractivity contribution >= 4 is 24.4 Å². The Balaban J connectivity index is 1.99. The van der Waals surface area contributed by atoms with Crippen LogP contribution in [-0.4, -0.2) is 23.9 Å². The van der Waals surface area contributed by atoms with Gasteiger partial charge in [0.25, 0.3) is 5.91 Å². The number of nitrogens with one attached hydrogen (secondary N) is 2. The van der Waals surface area contributed by atoms with E-state index in [0.29, 0.717) is 4.90 Å². The van der Waals surface area contributed by atoms with Crippen molar-refractivity contribution in [3.05, 3.63) is 29.6 Å². The first-order chi connectivity index (χ1) is 8.97. The molecule has 4 nitrogen and oxygen atoms in total. The maximum absolute atomic E-state index is 13.5. The van der Waals surface area contributed by atoms with E-state index >= 15 is 0 Å². The van der Waals surface area contributed by atoms with Gasteiger partial charge in [0.15, 0.2) is 0 Å². The van der Waals surface area contributed by atoms with Crippen LogP contribution in [0.4, 0.5) is 4.39 Å².